The van der Waals surface area contributed by atoms with Gasteiger partial charge in [-0.25, -0.2) is 5.43 Å². The van der Waals surface area contributed by atoms with Crippen LogP contribution in [0.1, 0.15) is 21.7 Å². The second kappa shape index (κ2) is 8.00. The van der Waals surface area contributed by atoms with Crippen molar-refractivity contribution >= 4 is 22.9 Å². The molecule has 0 aliphatic heterocycles. The fourth-order valence-corrected chi connectivity index (χ4v) is 3.20. The van der Waals surface area contributed by atoms with Crippen molar-refractivity contribution in [3.8, 4) is 17.0 Å². The number of pyridine rings is 2. The summed E-state index contributed by atoms with van der Waals surface area (Å²) in [4.78, 5) is 32.0. The van der Waals surface area contributed by atoms with Crippen LogP contribution >= 0.6 is 0 Å². The summed E-state index contributed by atoms with van der Waals surface area (Å²) in [5.41, 5.74) is 4.23. The lowest BCUT2D eigenvalue weighted by atomic mass is 10.0. The lowest BCUT2D eigenvalue weighted by Gasteiger charge is -2.10. The average Bonchev–Trinajstić information content (AvgIpc) is 2.77. The average molecular weight is 398 g/mol. The third-order valence-corrected chi connectivity index (χ3v) is 4.63. The van der Waals surface area contributed by atoms with Gasteiger partial charge in [-0.05, 0) is 18.6 Å². The molecular formula is C23H18N4O3. The Morgan fingerprint density at radius 2 is 1.77 bits per heavy atom. The molecule has 7 heteroatoms. The molecule has 0 fully saturated rings. The van der Waals surface area contributed by atoms with E-state index in [-0.39, 0.29) is 22.2 Å². The molecule has 30 heavy (non-hydrogen) atoms. The Morgan fingerprint density at radius 1 is 1.10 bits per heavy atom. The molecule has 148 valence electrons. The molecule has 0 atom stereocenters. The Morgan fingerprint density at radius 3 is 2.47 bits per heavy atom. The molecule has 0 aliphatic carbocycles. The number of aromatic nitrogens is 2. The number of nitrogens with one attached hydrogen (secondary N) is 2. The van der Waals surface area contributed by atoms with Crippen LogP contribution in [-0.4, -0.2) is 27.2 Å². The van der Waals surface area contributed by atoms with Gasteiger partial charge in [0.1, 0.15) is 0 Å². The monoisotopic (exact) mass is 398 g/mol. The minimum Gasteiger partial charge on any atom is -0.505 e. The van der Waals surface area contributed by atoms with E-state index in [1.165, 1.54) is 6.21 Å². The summed E-state index contributed by atoms with van der Waals surface area (Å²) in [5.74, 6) is -1.06. The Hall–Kier alpha value is -4.26. The summed E-state index contributed by atoms with van der Waals surface area (Å²) in [6.45, 7) is 1.69. The van der Waals surface area contributed by atoms with E-state index >= 15 is 0 Å². The number of carbonyl (C=O) groups excluding carboxylic acids is 1. The molecule has 0 unspecified atom stereocenters. The number of carbonyl (C=O) groups is 1. The van der Waals surface area contributed by atoms with E-state index in [1.807, 2.05) is 60.7 Å². The molecule has 2 aromatic carbocycles. The summed E-state index contributed by atoms with van der Waals surface area (Å²) >= 11 is 0. The highest BCUT2D eigenvalue weighted by molar-refractivity contribution is 6.02. The normalized spacial score (nSPS) is 11.1. The maximum absolute atomic E-state index is 12.6. The lowest BCUT2D eigenvalue weighted by molar-refractivity contribution is 0.0947. The minimum absolute atomic E-state index is 0.233. The first-order chi connectivity index (χ1) is 14.5. The van der Waals surface area contributed by atoms with Gasteiger partial charge in [-0.3, -0.25) is 14.6 Å². The standard InChI is InChI=1S/C23H18N4O3/c1-14-19-17(12-18(25-14)16-10-6-3-7-11-16)21(28)20(26-22(19)29)23(30)27-24-13-15-8-4-2-5-9-15/h2-13,28H,1H3,(H,26,29)(H,27,30)/b24-13-. The largest absolute Gasteiger partial charge is 0.505 e. The van der Waals surface area contributed by atoms with Gasteiger partial charge < -0.3 is 10.1 Å². The van der Waals surface area contributed by atoms with Crippen LogP contribution in [0.5, 0.6) is 5.75 Å². The second-order valence-corrected chi connectivity index (χ2v) is 6.67. The predicted octanol–water partition coefficient (Wildman–Crippen LogP) is 3.37. The van der Waals surface area contributed by atoms with Gasteiger partial charge in [0.05, 0.1) is 23.0 Å². The van der Waals surface area contributed by atoms with Gasteiger partial charge in [-0.2, -0.15) is 5.10 Å². The number of amides is 1. The van der Waals surface area contributed by atoms with Crippen LogP contribution in [-0.2, 0) is 0 Å². The summed E-state index contributed by atoms with van der Waals surface area (Å²) in [5, 5.41) is 15.1. The van der Waals surface area contributed by atoms with Crippen molar-refractivity contribution in [1.82, 2.24) is 15.4 Å². The SMILES string of the molecule is Cc1nc(-c2ccccc2)cc2c(O)c(C(=O)N/N=C\c3ccccc3)[nH]c(=O)c12. The molecule has 0 saturated heterocycles. The first kappa shape index (κ1) is 19.1. The van der Waals surface area contributed by atoms with Crippen LogP contribution in [0.4, 0.5) is 0 Å². The maximum atomic E-state index is 12.6. The van der Waals surface area contributed by atoms with Crippen LogP contribution in [0, 0.1) is 6.92 Å². The zero-order valence-electron chi connectivity index (χ0n) is 16.1. The summed E-state index contributed by atoms with van der Waals surface area (Å²) in [6, 6.07) is 20.2. The molecule has 2 heterocycles. The van der Waals surface area contributed by atoms with Crippen molar-refractivity contribution in [1.29, 1.82) is 0 Å². The number of aromatic amines is 1. The Bertz CT molecular complexity index is 1310. The number of hydrogen-bond acceptors (Lipinski definition) is 5. The Kier molecular flexibility index (Phi) is 5.09. The van der Waals surface area contributed by atoms with Crippen molar-refractivity contribution < 1.29 is 9.90 Å². The highest BCUT2D eigenvalue weighted by atomic mass is 16.3. The molecule has 1 amide bonds. The summed E-state index contributed by atoms with van der Waals surface area (Å²) in [6.07, 6.45) is 1.47. The van der Waals surface area contributed by atoms with Gasteiger partial charge in [-0.1, -0.05) is 60.7 Å². The molecule has 4 aromatic rings. The van der Waals surface area contributed by atoms with Crippen LogP contribution in [0.2, 0.25) is 0 Å². The van der Waals surface area contributed by atoms with Crippen molar-refractivity contribution in [3.63, 3.8) is 0 Å². The molecule has 0 saturated carbocycles. The highest BCUT2D eigenvalue weighted by Crippen LogP contribution is 2.30. The van der Waals surface area contributed by atoms with E-state index in [9.17, 15) is 14.7 Å². The topological polar surface area (TPSA) is 107 Å². The number of aryl methyl sites for hydroxylation is 1. The number of benzene rings is 2. The lowest BCUT2D eigenvalue weighted by Crippen LogP contribution is -2.23. The van der Waals surface area contributed by atoms with E-state index in [0.717, 1.165) is 11.1 Å². The quantitative estimate of drug-likeness (QED) is 0.362. The zero-order valence-corrected chi connectivity index (χ0v) is 16.1. The Balaban J connectivity index is 1.74. The van der Waals surface area contributed by atoms with Crippen molar-refractivity contribution in [2.75, 3.05) is 0 Å². The smallest absolute Gasteiger partial charge is 0.291 e. The fraction of sp³-hybridized carbons (Fsp3) is 0.0435. The number of rotatable bonds is 4. The number of nitrogens with zero attached hydrogens (tertiary/aromatic N) is 2. The second-order valence-electron chi connectivity index (χ2n) is 6.67. The van der Waals surface area contributed by atoms with Gasteiger partial charge in [0.25, 0.3) is 11.5 Å². The molecule has 4 rings (SSSR count). The molecule has 3 N–H and O–H groups in total. The summed E-state index contributed by atoms with van der Waals surface area (Å²) in [7, 11) is 0. The zero-order chi connectivity index (χ0) is 21.1. The minimum atomic E-state index is -0.727. The van der Waals surface area contributed by atoms with E-state index in [2.05, 4.69) is 20.5 Å². The molecule has 0 aliphatic rings. The maximum Gasteiger partial charge on any atom is 0.291 e. The number of hydrogen-bond donors (Lipinski definition) is 3. The van der Waals surface area contributed by atoms with Crippen LogP contribution in [0.25, 0.3) is 22.0 Å². The van der Waals surface area contributed by atoms with Gasteiger partial charge >= 0.3 is 0 Å². The van der Waals surface area contributed by atoms with Crippen LogP contribution in [0.15, 0.2) is 76.6 Å². The van der Waals surface area contributed by atoms with Crippen LogP contribution in [0.3, 0.4) is 0 Å². The first-order valence-electron chi connectivity index (χ1n) is 9.25. The van der Waals surface area contributed by atoms with Crippen molar-refractivity contribution in [3.05, 3.63) is 94.0 Å². The summed E-state index contributed by atoms with van der Waals surface area (Å²) < 4.78 is 0. The van der Waals surface area contributed by atoms with Crippen molar-refractivity contribution in [2.45, 2.75) is 6.92 Å². The molecule has 0 spiro atoms. The van der Waals surface area contributed by atoms with Crippen LogP contribution < -0.4 is 11.0 Å². The van der Waals surface area contributed by atoms with Gasteiger partial charge in [-0.15, -0.1) is 0 Å². The molecule has 0 radical (unpaired) electrons. The molecule has 0 bridgehead atoms. The van der Waals surface area contributed by atoms with E-state index in [0.29, 0.717) is 11.4 Å². The number of H-pyrrole nitrogens is 1. The highest BCUT2D eigenvalue weighted by Gasteiger charge is 2.19. The van der Waals surface area contributed by atoms with Gasteiger partial charge in [0, 0.05) is 10.9 Å². The van der Waals surface area contributed by atoms with E-state index < -0.39 is 11.5 Å². The van der Waals surface area contributed by atoms with Gasteiger partial charge in [0.2, 0.25) is 0 Å². The van der Waals surface area contributed by atoms with E-state index in [1.54, 1.807) is 13.0 Å². The molecule has 7 nitrogen and oxygen atoms in total. The van der Waals surface area contributed by atoms with E-state index in [4.69, 9.17) is 0 Å². The first-order valence-corrected chi connectivity index (χ1v) is 9.25. The Labute approximate surface area is 171 Å². The molecule has 2 aromatic heterocycles. The third-order valence-electron chi connectivity index (χ3n) is 4.63. The molecular weight excluding hydrogens is 380 g/mol. The van der Waals surface area contributed by atoms with Gasteiger partial charge in [0.15, 0.2) is 11.4 Å². The fourth-order valence-electron chi connectivity index (χ4n) is 3.20. The number of aromatic hydroxyl groups is 1. The predicted molar refractivity (Wildman–Crippen MR) is 116 cm³/mol. The van der Waals surface area contributed by atoms with Crippen molar-refractivity contribution in [2.24, 2.45) is 5.10 Å². The number of fused-ring (bicyclic) bond motifs is 1. The third kappa shape index (κ3) is 3.68. The number of hydrazone groups is 1.